The van der Waals surface area contributed by atoms with Crippen LogP contribution in [0.1, 0.15) is 20.8 Å². The molecule has 0 radical (unpaired) electrons. The maximum Gasteiger partial charge on any atom is 0.243 e. The fourth-order valence-electron chi connectivity index (χ4n) is 0.250. The number of primary amides is 1. The Kier molecular flexibility index (Phi) is 10.7. The van der Waals surface area contributed by atoms with Gasteiger partial charge >= 0.3 is 0 Å². The van der Waals surface area contributed by atoms with E-state index in [0.29, 0.717) is 5.57 Å². The summed E-state index contributed by atoms with van der Waals surface area (Å²) in [5.74, 6) is -0.435. The normalized spacial score (nSPS) is 7.91. The van der Waals surface area contributed by atoms with Gasteiger partial charge in [-0.1, -0.05) is 20.4 Å². The van der Waals surface area contributed by atoms with Crippen LogP contribution < -0.4 is 11.1 Å². The van der Waals surface area contributed by atoms with Crippen LogP contribution in [0.5, 0.6) is 0 Å². The van der Waals surface area contributed by atoms with Gasteiger partial charge in [0.1, 0.15) is 0 Å². The predicted octanol–water partition coefficient (Wildman–Crippen LogP) is 0.664. The highest BCUT2D eigenvalue weighted by Gasteiger charge is 1.86. The van der Waals surface area contributed by atoms with Crippen LogP contribution in [0.3, 0.4) is 0 Å². The van der Waals surface area contributed by atoms with E-state index in [-0.39, 0.29) is 0 Å². The van der Waals surface area contributed by atoms with Crippen LogP contribution in [-0.4, -0.2) is 19.0 Å². The van der Waals surface area contributed by atoms with Gasteiger partial charge in [0.2, 0.25) is 5.91 Å². The van der Waals surface area contributed by atoms with Crippen molar-refractivity contribution in [3.8, 4) is 0 Å². The minimum Gasteiger partial charge on any atom is -0.366 e. The summed E-state index contributed by atoms with van der Waals surface area (Å²) in [6.45, 7) is 11.2. The first-order valence-electron chi connectivity index (χ1n) is 3.72. The lowest BCUT2D eigenvalue weighted by atomic mass is 10.3. The molecule has 0 aliphatic carbocycles. The molecule has 0 heterocycles. The molecule has 66 valence electrons. The number of nitrogens with two attached hydrogens (primary N) is 1. The van der Waals surface area contributed by atoms with E-state index in [4.69, 9.17) is 5.73 Å². The Labute approximate surface area is 68.7 Å². The highest BCUT2D eigenvalue weighted by atomic mass is 16.1. The highest BCUT2D eigenvalue weighted by Crippen LogP contribution is 1.78. The number of hydrogen-bond acceptors (Lipinski definition) is 2. The van der Waals surface area contributed by atoms with Crippen LogP contribution in [0, 0.1) is 0 Å². The second kappa shape index (κ2) is 9.17. The zero-order valence-electron chi connectivity index (χ0n) is 7.61. The number of hydrogen-bond donors (Lipinski definition) is 2. The molecule has 3 heteroatoms. The minimum atomic E-state index is -0.435. The lowest BCUT2D eigenvalue weighted by Gasteiger charge is -1.86. The summed E-state index contributed by atoms with van der Waals surface area (Å²) in [5.41, 5.74) is 5.09. The molecule has 1 amide bonds. The van der Waals surface area contributed by atoms with E-state index in [1.54, 1.807) is 6.92 Å². The Morgan fingerprint density at radius 2 is 1.73 bits per heavy atom. The molecular weight excluding hydrogens is 140 g/mol. The third kappa shape index (κ3) is 17.6. The van der Waals surface area contributed by atoms with Crippen LogP contribution in [0.2, 0.25) is 0 Å². The first kappa shape index (κ1) is 12.8. The third-order valence-corrected chi connectivity index (χ3v) is 0.921. The molecule has 0 aromatic heterocycles. The van der Waals surface area contributed by atoms with Crippen molar-refractivity contribution >= 4 is 5.91 Å². The quantitative estimate of drug-likeness (QED) is 0.593. The zero-order chi connectivity index (χ0) is 9.28. The average molecular weight is 158 g/mol. The summed E-state index contributed by atoms with van der Waals surface area (Å²) in [5, 5.41) is 3.11. The van der Waals surface area contributed by atoms with Crippen LogP contribution >= 0.6 is 0 Å². The van der Waals surface area contributed by atoms with Crippen molar-refractivity contribution in [2.24, 2.45) is 5.73 Å². The molecule has 0 saturated heterocycles. The molecule has 0 saturated carbocycles. The Morgan fingerprint density at radius 3 is 1.73 bits per heavy atom. The van der Waals surface area contributed by atoms with Gasteiger partial charge in [-0.3, -0.25) is 4.79 Å². The summed E-state index contributed by atoms with van der Waals surface area (Å²) in [4.78, 5) is 9.82. The fraction of sp³-hybridized carbons (Fsp3) is 0.625. The van der Waals surface area contributed by atoms with Crippen molar-refractivity contribution < 1.29 is 4.79 Å². The predicted molar refractivity (Wildman–Crippen MR) is 48.2 cm³/mol. The van der Waals surface area contributed by atoms with Gasteiger partial charge in [0.15, 0.2) is 0 Å². The van der Waals surface area contributed by atoms with E-state index >= 15 is 0 Å². The van der Waals surface area contributed by atoms with E-state index in [2.05, 4.69) is 25.7 Å². The van der Waals surface area contributed by atoms with E-state index in [1.807, 2.05) is 0 Å². The number of rotatable bonds is 3. The summed E-state index contributed by atoms with van der Waals surface area (Å²) in [6.07, 6.45) is 0. The summed E-state index contributed by atoms with van der Waals surface area (Å²) < 4.78 is 0. The standard InChI is InChI=1S/C4H7NO.C4H11N/c1-3(2)4(5)6;1-3-5-4-2/h1H2,2H3,(H2,5,6);5H,3-4H2,1-2H3. The molecule has 0 unspecified atom stereocenters. The van der Waals surface area contributed by atoms with Gasteiger partial charge in [0.05, 0.1) is 0 Å². The van der Waals surface area contributed by atoms with E-state index < -0.39 is 5.91 Å². The summed E-state index contributed by atoms with van der Waals surface area (Å²) >= 11 is 0. The lowest BCUT2D eigenvalue weighted by molar-refractivity contribution is -0.114. The van der Waals surface area contributed by atoms with E-state index in [9.17, 15) is 4.79 Å². The summed E-state index contributed by atoms with van der Waals surface area (Å²) in [7, 11) is 0. The van der Waals surface area contributed by atoms with E-state index in [1.165, 1.54) is 0 Å². The van der Waals surface area contributed by atoms with Crippen molar-refractivity contribution in [1.82, 2.24) is 5.32 Å². The topological polar surface area (TPSA) is 55.1 Å². The molecule has 0 aliphatic rings. The molecule has 0 aromatic rings. The SMILES string of the molecule is C=C(C)C(N)=O.CCNCC. The van der Waals surface area contributed by atoms with Crippen LogP contribution in [0.4, 0.5) is 0 Å². The molecule has 0 aromatic carbocycles. The minimum absolute atomic E-state index is 0.398. The van der Waals surface area contributed by atoms with Crippen LogP contribution in [0.15, 0.2) is 12.2 Å². The molecule has 11 heavy (non-hydrogen) atoms. The number of amides is 1. The summed E-state index contributed by atoms with van der Waals surface area (Å²) in [6, 6.07) is 0. The Balaban J connectivity index is 0. The highest BCUT2D eigenvalue weighted by molar-refractivity contribution is 5.90. The molecule has 0 fully saturated rings. The van der Waals surface area contributed by atoms with Gasteiger partial charge in [-0.05, 0) is 20.0 Å². The lowest BCUT2D eigenvalue weighted by Crippen LogP contribution is -2.10. The maximum atomic E-state index is 9.82. The Bertz CT molecular complexity index is 107. The van der Waals surface area contributed by atoms with Crippen LogP contribution in [-0.2, 0) is 4.79 Å². The monoisotopic (exact) mass is 158 g/mol. The van der Waals surface area contributed by atoms with Gasteiger partial charge in [-0.2, -0.15) is 0 Å². The third-order valence-electron chi connectivity index (χ3n) is 0.921. The Hall–Kier alpha value is -0.830. The molecule has 0 atom stereocenters. The van der Waals surface area contributed by atoms with Gasteiger partial charge in [0.25, 0.3) is 0 Å². The van der Waals surface area contributed by atoms with Gasteiger partial charge < -0.3 is 11.1 Å². The van der Waals surface area contributed by atoms with Gasteiger partial charge in [-0.15, -0.1) is 0 Å². The van der Waals surface area contributed by atoms with Crippen molar-refractivity contribution in [1.29, 1.82) is 0 Å². The fourth-order valence-corrected chi connectivity index (χ4v) is 0.250. The zero-order valence-corrected chi connectivity index (χ0v) is 7.61. The second-order valence-corrected chi connectivity index (χ2v) is 2.10. The molecule has 0 spiro atoms. The van der Waals surface area contributed by atoms with E-state index in [0.717, 1.165) is 13.1 Å². The number of nitrogens with one attached hydrogen (secondary N) is 1. The van der Waals surface area contributed by atoms with Gasteiger partial charge in [-0.25, -0.2) is 0 Å². The van der Waals surface area contributed by atoms with Crippen molar-refractivity contribution in [3.05, 3.63) is 12.2 Å². The average Bonchev–Trinajstić information content (AvgIpc) is 1.90. The largest absolute Gasteiger partial charge is 0.366 e. The molecule has 0 aliphatic heterocycles. The molecule has 0 bridgehead atoms. The number of carbonyl (C=O) groups excluding carboxylic acids is 1. The molecule has 3 N–H and O–H groups in total. The first-order valence-corrected chi connectivity index (χ1v) is 3.72. The molecular formula is C8H18N2O. The Morgan fingerprint density at radius 1 is 1.45 bits per heavy atom. The van der Waals surface area contributed by atoms with Crippen molar-refractivity contribution in [2.75, 3.05) is 13.1 Å². The molecule has 3 nitrogen and oxygen atoms in total. The molecule has 0 rings (SSSR count). The second-order valence-electron chi connectivity index (χ2n) is 2.10. The smallest absolute Gasteiger partial charge is 0.243 e. The maximum absolute atomic E-state index is 9.82. The van der Waals surface area contributed by atoms with Gasteiger partial charge in [0, 0.05) is 5.57 Å². The van der Waals surface area contributed by atoms with Crippen LogP contribution in [0.25, 0.3) is 0 Å². The van der Waals surface area contributed by atoms with Crippen molar-refractivity contribution in [3.63, 3.8) is 0 Å². The first-order chi connectivity index (χ1) is 5.06. The number of carbonyl (C=O) groups is 1. The van der Waals surface area contributed by atoms with Crippen molar-refractivity contribution in [2.45, 2.75) is 20.8 Å².